The van der Waals surface area contributed by atoms with E-state index in [1.165, 1.54) is 6.20 Å². The summed E-state index contributed by atoms with van der Waals surface area (Å²) in [5.41, 5.74) is 1.09. The van der Waals surface area contributed by atoms with Crippen LogP contribution in [-0.4, -0.2) is 41.3 Å². The fourth-order valence-electron chi connectivity index (χ4n) is 2.75. The van der Waals surface area contributed by atoms with E-state index >= 15 is 0 Å². The van der Waals surface area contributed by atoms with Gasteiger partial charge in [-0.25, -0.2) is 4.98 Å². The number of carboxylic acids is 1. The number of carbonyl (C=O) groups is 2. The number of hydrogen-bond donors (Lipinski definition) is 2. The molecule has 0 radical (unpaired) electrons. The highest BCUT2D eigenvalue weighted by molar-refractivity contribution is 5.94. The van der Waals surface area contributed by atoms with Crippen molar-refractivity contribution in [2.75, 3.05) is 13.2 Å². The van der Waals surface area contributed by atoms with Crippen LogP contribution in [0.1, 0.15) is 34.8 Å². The molecule has 1 amide bonds. The van der Waals surface area contributed by atoms with Gasteiger partial charge in [-0.15, -0.1) is 0 Å². The lowest BCUT2D eigenvalue weighted by molar-refractivity contribution is -0.137. The molecule has 2 atom stereocenters. The van der Waals surface area contributed by atoms with Gasteiger partial charge in [-0.2, -0.15) is 0 Å². The fraction of sp³-hybridized carbons (Fsp3) is 0.316. The van der Waals surface area contributed by atoms with Gasteiger partial charge in [0, 0.05) is 24.2 Å². The van der Waals surface area contributed by atoms with Crippen LogP contribution in [-0.2, 0) is 9.53 Å². The number of nitrogens with zero attached hydrogens (tertiary/aromatic N) is 1. The Labute approximate surface area is 151 Å². The highest BCUT2D eigenvalue weighted by Crippen LogP contribution is 2.19. The molecule has 0 spiro atoms. The molecule has 2 aromatic rings. The molecule has 26 heavy (non-hydrogen) atoms. The van der Waals surface area contributed by atoms with Crippen LogP contribution in [0.5, 0.6) is 5.88 Å². The van der Waals surface area contributed by atoms with Crippen molar-refractivity contribution in [3.05, 3.63) is 59.8 Å². The van der Waals surface area contributed by atoms with Crippen molar-refractivity contribution in [1.82, 2.24) is 10.3 Å². The van der Waals surface area contributed by atoms with Gasteiger partial charge >= 0.3 is 5.97 Å². The Bertz CT molecular complexity index is 760. The number of pyridine rings is 1. The Morgan fingerprint density at radius 3 is 2.81 bits per heavy atom. The van der Waals surface area contributed by atoms with Gasteiger partial charge in [0.15, 0.2) is 0 Å². The third kappa shape index (κ3) is 4.80. The molecule has 1 aliphatic rings. The monoisotopic (exact) mass is 356 g/mol. The van der Waals surface area contributed by atoms with Crippen LogP contribution in [0.2, 0.25) is 0 Å². The van der Waals surface area contributed by atoms with Gasteiger partial charge in [-0.1, -0.05) is 30.3 Å². The maximum atomic E-state index is 12.6. The van der Waals surface area contributed by atoms with Crippen molar-refractivity contribution >= 4 is 11.9 Å². The summed E-state index contributed by atoms with van der Waals surface area (Å²) in [5.74, 6) is -1.02. The third-order valence-electron chi connectivity index (χ3n) is 4.06. The van der Waals surface area contributed by atoms with E-state index in [1.807, 2.05) is 6.07 Å². The maximum Gasteiger partial charge on any atom is 0.305 e. The average Bonchev–Trinajstić information content (AvgIpc) is 3.15. The van der Waals surface area contributed by atoms with E-state index in [2.05, 4.69) is 10.3 Å². The molecular formula is C19H20N2O5. The number of rotatable bonds is 7. The average molecular weight is 356 g/mol. The van der Waals surface area contributed by atoms with E-state index in [-0.39, 0.29) is 18.4 Å². The predicted molar refractivity (Wildman–Crippen MR) is 93.0 cm³/mol. The number of aromatic nitrogens is 1. The van der Waals surface area contributed by atoms with Crippen molar-refractivity contribution in [3.8, 4) is 5.88 Å². The van der Waals surface area contributed by atoms with Gasteiger partial charge in [0.05, 0.1) is 25.7 Å². The predicted octanol–water partition coefficient (Wildman–Crippen LogP) is 2.20. The van der Waals surface area contributed by atoms with E-state index in [1.54, 1.807) is 36.4 Å². The minimum atomic E-state index is -0.987. The highest BCUT2D eigenvalue weighted by Gasteiger charge is 2.21. The van der Waals surface area contributed by atoms with Crippen LogP contribution >= 0.6 is 0 Å². The zero-order valence-electron chi connectivity index (χ0n) is 14.1. The van der Waals surface area contributed by atoms with Gasteiger partial charge in [-0.3, -0.25) is 9.59 Å². The normalized spacial score (nSPS) is 17.5. The number of amides is 1. The molecule has 0 saturated carbocycles. The van der Waals surface area contributed by atoms with Crippen LogP contribution in [0.4, 0.5) is 0 Å². The molecule has 2 unspecified atom stereocenters. The van der Waals surface area contributed by atoms with Crippen LogP contribution in [0, 0.1) is 0 Å². The standard InChI is InChI=1S/C19H20N2O5/c22-18(23)11-16(13-4-2-1-3-5-13)21-19(24)14-6-8-20-17(10-14)26-15-7-9-25-12-15/h1-6,8,10,15-16H,7,9,11-12H2,(H,21,24)(H,22,23). The Kier molecular flexibility index (Phi) is 5.80. The molecule has 3 rings (SSSR count). The molecule has 0 aliphatic carbocycles. The summed E-state index contributed by atoms with van der Waals surface area (Å²) in [6, 6.07) is 11.5. The smallest absolute Gasteiger partial charge is 0.305 e. The van der Waals surface area contributed by atoms with Gasteiger partial charge in [0.1, 0.15) is 6.10 Å². The quantitative estimate of drug-likeness (QED) is 0.789. The van der Waals surface area contributed by atoms with E-state index < -0.39 is 12.0 Å². The SMILES string of the molecule is O=C(O)CC(NC(=O)c1ccnc(OC2CCOC2)c1)c1ccccc1. The Morgan fingerprint density at radius 1 is 1.31 bits per heavy atom. The second kappa shape index (κ2) is 8.44. The minimum absolute atomic E-state index is 0.0649. The number of nitrogens with one attached hydrogen (secondary N) is 1. The molecule has 2 N–H and O–H groups in total. The molecule has 1 fully saturated rings. The first-order valence-electron chi connectivity index (χ1n) is 8.40. The van der Waals surface area contributed by atoms with Crippen LogP contribution in [0.15, 0.2) is 48.7 Å². The second-order valence-electron chi connectivity index (χ2n) is 6.02. The molecule has 136 valence electrons. The van der Waals surface area contributed by atoms with E-state index in [0.717, 1.165) is 12.0 Å². The second-order valence-corrected chi connectivity index (χ2v) is 6.02. The lowest BCUT2D eigenvalue weighted by Crippen LogP contribution is -2.30. The number of benzene rings is 1. The van der Waals surface area contributed by atoms with Crippen LogP contribution in [0.3, 0.4) is 0 Å². The largest absolute Gasteiger partial charge is 0.481 e. The molecule has 0 bridgehead atoms. The summed E-state index contributed by atoms with van der Waals surface area (Å²) >= 11 is 0. The topological polar surface area (TPSA) is 97.8 Å². The van der Waals surface area contributed by atoms with Crippen molar-refractivity contribution in [2.24, 2.45) is 0 Å². The summed E-state index contributed by atoms with van der Waals surface area (Å²) < 4.78 is 11.0. The lowest BCUT2D eigenvalue weighted by atomic mass is 10.0. The molecule has 7 heteroatoms. The minimum Gasteiger partial charge on any atom is -0.481 e. The van der Waals surface area contributed by atoms with Crippen LogP contribution in [0.25, 0.3) is 0 Å². The number of ether oxygens (including phenoxy) is 2. The zero-order valence-corrected chi connectivity index (χ0v) is 14.1. The van der Waals surface area contributed by atoms with Crippen molar-refractivity contribution in [3.63, 3.8) is 0 Å². The number of aliphatic carboxylic acids is 1. The molecule has 2 heterocycles. The first kappa shape index (κ1) is 17.9. The zero-order chi connectivity index (χ0) is 18.4. The Balaban J connectivity index is 1.71. The Hall–Kier alpha value is -2.93. The van der Waals surface area contributed by atoms with E-state index in [9.17, 15) is 9.59 Å². The highest BCUT2D eigenvalue weighted by atomic mass is 16.5. The lowest BCUT2D eigenvalue weighted by Gasteiger charge is -2.18. The molecule has 1 saturated heterocycles. The molecule has 1 aromatic heterocycles. The maximum absolute atomic E-state index is 12.6. The van der Waals surface area contributed by atoms with Gasteiger partial charge in [-0.05, 0) is 11.6 Å². The van der Waals surface area contributed by atoms with E-state index in [4.69, 9.17) is 14.6 Å². The summed E-state index contributed by atoms with van der Waals surface area (Å²) in [7, 11) is 0. The van der Waals surface area contributed by atoms with Crippen LogP contribution < -0.4 is 10.1 Å². The Morgan fingerprint density at radius 2 is 2.12 bits per heavy atom. The summed E-state index contributed by atoms with van der Waals surface area (Å²) in [6.45, 7) is 1.16. The molecule has 7 nitrogen and oxygen atoms in total. The fourth-order valence-corrected chi connectivity index (χ4v) is 2.75. The number of carboxylic acid groups (broad SMARTS) is 1. The third-order valence-corrected chi connectivity index (χ3v) is 4.06. The summed E-state index contributed by atoms with van der Waals surface area (Å²) in [5, 5.41) is 11.9. The van der Waals surface area contributed by atoms with E-state index in [0.29, 0.717) is 24.7 Å². The number of carbonyl (C=O) groups excluding carboxylic acids is 1. The molecule has 1 aromatic carbocycles. The summed E-state index contributed by atoms with van der Waals surface area (Å²) in [6.07, 6.45) is 2.01. The van der Waals surface area contributed by atoms with Gasteiger partial charge < -0.3 is 19.9 Å². The van der Waals surface area contributed by atoms with Gasteiger partial charge in [0.25, 0.3) is 5.91 Å². The van der Waals surface area contributed by atoms with Crippen molar-refractivity contribution in [1.29, 1.82) is 0 Å². The first-order valence-corrected chi connectivity index (χ1v) is 8.40. The van der Waals surface area contributed by atoms with Gasteiger partial charge in [0.2, 0.25) is 5.88 Å². The number of hydrogen-bond acceptors (Lipinski definition) is 5. The van der Waals surface area contributed by atoms with Crippen molar-refractivity contribution < 1.29 is 24.2 Å². The molecular weight excluding hydrogens is 336 g/mol. The van der Waals surface area contributed by atoms with Crippen molar-refractivity contribution in [2.45, 2.75) is 25.0 Å². The first-order chi connectivity index (χ1) is 12.6. The molecule has 1 aliphatic heterocycles. The summed E-state index contributed by atoms with van der Waals surface area (Å²) in [4.78, 5) is 27.9.